The molecule has 2 unspecified atom stereocenters. The van der Waals surface area contributed by atoms with E-state index in [1.54, 1.807) is 0 Å². The van der Waals surface area contributed by atoms with Gasteiger partial charge in [-0.05, 0) is 32.1 Å². The summed E-state index contributed by atoms with van der Waals surface area (Å²) >= 11 is 0. The van der Waals surface area contributed by atoms with Crippen LogP contribution in [0.1, 0.15) is 64.2 Å². The summed E-state index contributed by atoms with van der Waals surface area (Å²) in [6.07, 6.45) is 5.58. The second-order valence-electron chi connectivity index (χ2n) is 5.96. The molecule has 2 atom stereocenters. The highest BCUT2D eigenvalue weighted by molar-refractivity contribution is 4.84. The van der Waals surface area contributed by atoms with Crippen LogP contribution in [0.2, 0.25) is 0 Å². The fourth-order valence-corrected chi connectivity index (χ4v) is 3.42. The number of rotatable bonds is 2. The summed E-state index contributed by atoms with van der Waals surface area (Å²) in [7, 11) is 0. The van der Waals surface area contributed by atoms with Crippen LogP contribution in [0.25, 0.3) is 0 Å². The van der Waals surface area contributed by atoms with Crippen molar-refractivity contribution in [3.05, 3.63) is 0 Å². The van der Waals surface area contributed by atoms with E-state index in [1.165, 1.54) is 25.7 Å². The average Bonchev–Trinajstić information content (AvgIpc) is 2.57. The van der Waals surface area contributed by atoms with Gasteiger partial charge in [-0.1, -0.05) is 32.1 Å². The molecule has 0 spiro atoms. The molecule has 1 N–H and O–H groups in total. The molecule has 4 heteroatoms. The summed E-state index contributed by atoms with van der Waals surface area (Å²) in [4.78, 5) is 0. The maximum absolute atomic E-state index is 12.7. The summed E-state index contributed by atoms with van der Waals surface area (Å²) in [5, 5.41) is 3.50. The maximum Gasteiger partial charge on any atom is 0.391 e. The van der Waals surface area contributed by atoms with Gasteiger partial charge in [-0.25, -0.2) is 0 Å². The average molecular weight is 263 g/mol. The van der Waals surface area contributed by atoms with E-state index in [0.717, 1.165) is 19.3 Å². The Morgan fingerprint density at radius 2 is 1.33 bits per heavy atom. The molecule has 0 radical (unpaired) electrons. The lowest BCUT2D eigenvalue weighted by atomic mass is 9.84. The molecule has 0 aliphatic heterocycles. The topological polar surface area (TPSA) is 12.0 Å². The number of hydrogen-bond acceptors (Lipinski definition) is 1. The molecular weight excluding hydrogens is 239 g/mol. The van der Waals surface area contributed by atoms with Gasteiger partial charge in [0, 0.05) is 12.1 Å². The van der Waals surface area contributed by atoms with Gasteiger partial charge in [0.15, 0.2) is 0 Å². The van der Waals surface area contributed by atoms with Gasteiger partial charge in [-0.2, -0.15) is 13.2 Å². The van der Waals surface area contributed by atoms with Crippen molar-refractivity contribution >= 4 is 0 Å². The molecule has 2 aliphatic carbocycles. The van der Waals surface area contributed by atoms with Crippen LogP contribution in [-0.4, -0.2) is 18.3 Å². The van der Waals surface area contributed by atoms with E-state index < -0.39 is 12.1 Å². The maximum atomic E-state index is 12.7. The molecular formula is C14H24F3N. The largest absolute Gasteiger partial charge is 0.391 e. The molecule has 2 saturated carbocycles. The van der Waals surface area contributed by atoms with E-state index in [4.69, 9.17) is 0 Å². The van der Waals surface area contributed by atoms with E-state index in [1.807, 2.05) is 0 Å². The molecule has 2 rings (SSSR count). The highest BCUT2D eigenvalue weighted by Crippen LogP contribution is 2.37. The summed E-state index contributed by atoms with van der Waals surface area (Å²) in [6.45, 7) is 0. The van der Waals surface area contributed by atoms with Crippen LogP contribution in [0, 0.1) is 5.92 Å². The highest BCUT2D eigenvalue weighted by atomic mass is 19.4. The second-order valence-corrected chi connectivity index (χ2v) is 5.96. The Kier molecular flexibility index (Phi) is 4.93. The third-order valence-corrected chi connectivity index (χ3v) is 4.46. The van der Waals surface area contributed by atoms with Crippen LogP contribution in [0.3, 0.4) is 0 Å². The molecule has 0 heterocycles. The molecule has 0 aromatic carbocycles. The van der Waals surface area contributed by atoms with E-state index in [2.05, 4.69) is 5.32 Å². The minimum Gasteiger partial charge on any atom is -0.311 e. The molecule has 18 heavy (non-hydrogen) atoms. The molecule has 0 aromatic rings. The lowest BCUT2D eigenvalue weighted by Crippen LogP contribution is -2.43. The Balaban J connectivity index is 1.81. The zero-order chi connectivity index (χ0) is 13.0. The number of alkyl halides is 3. The van der Waals surface area contributed by atoms with Crippen LogP contribution in [0.4, 0.5) is 13.2 Å². The van der Waals surface area contributed by atoms with Crippen molar-refractivity contribution in [3.8, 4) is 0 Å². The first-order valence-corrected chi connectivity index (χ1v) is 7.38. The van der Waals surface area contributed by atoms with Crippen LogP contribution in [-0.2, 0) is 0 Å². The standard InChI is InChI=1S/C14H24F3N/c15-14(16,17)11-6-5-9-13(10-11)18-12-7-3-1-2-4-8-12/h11-13,18H,1-10H2. The summed E-state index contributed by atoms with van der Waals surface area (Å²) < 4.78 is 38.2. The monoisotopic (exact) mass is 263 g/mol. The lowest BCUT2D eigenvalue weighted by Gasteiger charge is -2.33. The summed E-state index contributed by atoms with van der Waals surface area (Å²) in [6, 6.07) is 0.554. The first-order chi connectivity index (χ1) is 8.55. The van der Waals surface area contributed by atoms with Crippen LogP contribution < -0.4 is 5.32 Å². The minimum absolute atomic E-state index is 0.0912. The molecule has 0 bridgehead atoms. The highest BCUT2D eigenvalue weighted by Gasteiger charge is 2.42. The smallest absolute Gasteiger partial charge is 0.311 e. The quantitative estimate of drug-likeness (QED) is 0.727. The van der Waals surface area contributed by atoms with Crippen LogP contribution in [0.5, 0.6) is 0 Å². The molecule has 1 nitrogen and oxygen atoms in total. The molecule has 0 aromatic heterocycles. The number of halogens is 3. The van der Waals surface area contributed by atoms with Crippen molar-refractivity contribution in [2.75, 3.05) is 0 Å². The fraction of sp³-hybridized carbons (Fsp3) is 1.00. The van der Waals surface area contributed by atoms with Gasteiger partial charge in [0.2, 0.25) is 0 Å². The number of hydrogen-bond donors (Lipinski definition) is 1. The van der Waals surface area contributed by atoms with Gasteiger partial charge in [-0.15, -0.1) is 0 Å². The lowest BCUT2D eigenvalue weighted by molar-refractivity contribution is -0.183. The minimum atomic E-state index is -4.00. The normalized spacial score (nSPS) is 32.2. The predicted octanol–water partition coefficient (Wildman–Crippen LogP) is 4.42. The molecule has 0 saturated heterocycles. The van der Waals surface area contributed by atoms with Gasteiger partial charge in [0.05, 0.1) is 5.92 Å². The van der Waals surface area contributed by atoms with Crippen LogP contribution in [0.15, 0.2) is 0 Å². The van der Waals surface area contributed by atoms with Crippen molar-refractivity contribution < 1.29 is 13.2 Å². The fourth-order valence-electron chi connectivity index (χ4n) is 3.42. The molecule has 0 amide bonds. The molecule has 2 aliphatic rings. The van der Waals surface area contributed by atoms with Crippen LogP contribution >= 0.6 is 0 Å². The Bertz CT molecular complexity index is 244. The van der Waals surface area contributed by atoms with Crippen molar-refractivity contribution in [1.82, 2.24) is 5.32 Å². The van der Waals surface area contributed by atoms with Crippen molar-refractivity contribution in [3.63, 3.8) is 0 Å². The van der Waals surface area contributed by atoms with Crippen molar-refractivity contribution in [2.24, 2.45) is 5.92 Å². The van der Waals surface area contributed by atoms with Gasteiger partial charge < -0.3 is 5.32 Å². The van der Waals surface area contributed by atoms with E-state index >= 15 is 0 Å². The first kappa shape index (κ1) is 14.2. The van der Waals surface area contributed by atoms with Gasteiger partial charge in [-0.3, -0.25) is 0 Å². The first-order valence-electron chi connectivity index (χ1n) is 7.38. The van der Waals surface area contributed by atoms with Gasteiger partial charge in [0.1, 0.15) is 0 Å². The third kappa shape index (κ3) is 4.15. The summed E-state index contributed by atoms with van der Waals surface area (Å²) in [5.41, 5.74) is 0. The van der Waals surface area contributed by atoms with Gasteiger partial charge >= 0.3 is 6.18 Å². The number of nitrogens with one attached hydrogen (secondary N) is 1. The summed E-state index contributed by atoms with van der Waals surface area (Å²) in [5.74, 6) is -1.07. The zero-order valence-corrected chi connectivity index (χ0v) is 10.9. The Hall–Kier alpha value is -0.250. The molecule has 106 valence electrons. The Morgan fingerprint density at radius 1 is 0.722 bits per heavy atom. The SMILES string of the molecule is FC(F)(F)C1CCCC(NC2CCCCCC2)C1. The zero-order valence-electron chi connectivity index (χ0n) is 10.9. The van der Waals surface area contributed by atoms with Crippen molar-refractivity contribution in [1.29, 1.82) is 0 Å². The Labute approximate surface area is 108 Å². The van der Waals surface area contributed by atoms with Crippen molar-refractivity contribution in [2.45, 2.75) is 82.5 Å². The second kappa shape index (κ2) is 6.27. The van der Waals surface area contributed by atoms with Gasteiger partial charge in [0.25, 0.3) is 0 Å². The predicted molar refractivity (Wildman–Crippen MR) is 66.4 cm³/mol. The van der Waals surface area contributed by atoms with E-state index in [9.17, 15) is 13.2 Å². The van der Waals surface area contributed by atoms with E-state index in [-0.39, 0.29) is 6.04 Å². The Morgan fingerprint density at radius 3 is 1.94 bits per heavy atom. The molecule has 2 fully saturated rings. The van der Waals surface area contributed by atoms with E-state index in [0.29, 0.717) is 25.3 Å². The third-order valence-electron chi connectivity index (χ3n) is 4.46.